The number of nitrogens with one attached hydrogen (secondary N) is 1. The smallest absolute Gasteiger partial charge is 0.337 e. The number of aromatic amines is 1. The molecule has 0 spiro atoms. The summed E-state index contributed by atoms with van der Waals surface area (Å²) >= 11 is 0. The summed E-state index contributed by atoms with van der Waals surface area (Å²) in [5.74, 6) is -0.500. The minimum Gasteiger partial charge on any atom is -0.494 e. The number of carbonyl (C=O) groups excluding carboxylic acids is 1. The lowest BCUT2D eigenvalue weighted by Crippen LogP contribution is -2.11. The topological polar surface area (TPSA) is 121 Å². The molecule has 0 aliphatic heterocycles. The number of aromatic nitrogens is 1. The molecule has 5 N–H and O–H groups in total. The second-order valence-electron chi connectivity index (χ2n) is 7.64. The van der Waals surface area contributed by atoms with E-state index in [1.807, 2.05) is 54.6 Å². The normalized spacial score (nSPS) is 12.6. The van der Waals surface area contributed by atoms with E-state index in [2.05, 4.69) is 4.98 Å². The van der Waals surface area contributed by atoms with E-state index in [0.717, 1.165) is 16.5 Å². The van der Waals surface area contributed by atoms with Gasteiger partial charge in [-0.25, -0.2) is 9.79 Å². The molecule has 0 aliphatic rings. The van der Waals surface area contributed by atoms with Crippen LogP contribution in [-0.4, -0.2) is 40.6 Å². The van der Waals surface area contributed by atoms with Gasteiger partial charge in [0.2, 0.25) is 0 Å². The molecular formula is C26H25N3O4. The Morgan fingerprint density at radius 3 is 2.45 bits per heavy atom. The van der Waals surface area contributed by atoms with Gasteiger partial charge in [-0.05, 0) is 36.2 Å². The summed E-state index contributed by atoms with van der Waals surface area (Å²) in [6.07, 6.45) is 0.481. The predicted molar refractivity (Wildman–Crippen MR) is 128 cm³/mol. The summed E-state index contributed by atoms with van der Waals surface area (Å²) in [5.41, 5.74) is 10.6. The Kier molecular flexibility index (Phi) is 6.53. The molecule has 4 rings (SSSR count). The first-order valence-corrected chi connectivity index (χ1v) is 10.6. The molecule has 0 aliphatic carbocycles. The Labute approximate surface area is 191 Å². The SMILES string of the molecule is COC(=O)c1ccc2c(C(=Nc3ccc(C(N)CCO)cc3)c3ccccc3)c(O)[nH]c2c1. The van der Waals surface area contributed by atoms with Gasteiger partial charge in [0, 0.05) is 29.1 Å². The molecule has 0 saturated heterocycles. The molecule has 0 bridgehead atoms. The van der Waals surface area contributed by atoms with Crippen LogP contribution in [0.4, 0.5) is 5.69 Å². The lowest BCUT2D eigenvalue weighted by Gasteiger charge is -2.11. The van der Waals surface area contributed by atoms with Gasteiger partial charge in [0.05, 0.1) is 29.6 Å². The first kappa shape index (κ1) is 22.3. The number of ether oxygens (including phenoxy) is 1. The van der Waals surface area contributed by atoms with Crippen LogP contribution in [0.2, 0.25) is 0 Å². The van der Waals surface area contributed by atoms with Crippen molar-refractivity contribution < 1.29 is 19.7 Å². The van der Waals surface area contributed by atoms with Crippen LogP contribution < -0.4 is 5.73 Å². The fraction of sp³-hybridized carbons (Fsp3) is 0.154. The molecule has 0 fully saturated rings. The number of carbonyl (C=O) groups is 1. The van der Waals surface area contributed by atoms with Crippen molar-refractivity contribution in [2.24, 2.45) is 10.7 Å². The highest BCUT2D eigenvalue weighted by Crippen LogP contribution is 2.32. The molecule has 0 radical (unpaired) electrons. The van der Waals surface area contributed by atoms with E-state index < -0.39 is 5.97 Å². The van der Waals surface area contributed by atoms with Crippen LogP contribution in [0, 0.1) is 0 Å². The van der Waals surface area contributed by atoms with E-state index in [9.17, 15) is 9.90 Å². The number of hydrogen-bond donors (Lipinski definition) is 4. The fourth-order valence-corrected chi connectivity index (χ4v) is 3.76. The Morgan fingerprint density at radius 1 is 1.06 bits per heavy atom. The number of benzene rings is 3. The molecule has 3 aromatic carbocycles. The van der Waals surface area contributed by atoms with E-state index in [4.69, 9.17) is 20.6 Å². The number of methoxy groups -OCH3 is 1. The number of esters is 1. The average Bonchev–Trinajstić information content (AvgIpc) is 3.17. The number of aliphatic hydroxyl groups excluding tert-OH is 1. The third kappa shape index (κ3) is 4.64. The number of H-pyrrole nitrogens is 1. The maximum atomic E-state index is 11.9. The van der Waals surface area contributed by atoms with Crippen molar-refractivity contribution in [3.05, 3.63) is 95.1 Å². The van der Waals surface area contributed by atoms with Crippen molar-refractivity contribution in [2.45, 2.75) is 12.5 Å². The highest BCUT2D eigenvalue weighted by Gasteiger charge is 2.20. The highest BCUT2D eigenvalue weighted by atomic mass is 16.5. The van der Waals surface area contributed by atoms with Crippen molar-refractivity contribution in [1.82, 2.24) is 4.98 Å². The Morgan fingerprint density at radius 2 is 1.79 bits per heavy atom. The zero-order chi connectivity index (χ0) is 23.4. The van der Waals surface area contributed by atoms with E-state index >= 15 is 0 Å². The molecule has 1 aromatic heterocycles. The lowest BCUT2D eigenvalue weighted by molar-refractivity contribution is 0.0601. The van der Waals surface area contributed by atoms with Gasteiger partial charge in [-0.1, -0.05) is 48.5 Å². The predicted octanol–water partition coefficient (Wildman–Crippen LogP) is 4.21. The van der Waals surface area contributed by atoms with Crippen LogP contribution in [0.1, 0.15) is 39.5 Å². The quantitative estimate of drug-likeness (QED) is 0.252. The van der Waals surface area contributed by atoms with Gasteiger partial charge in [-0.15, -0.1) is 0 Å². The summed E-state index contributed by atoms with van der Waals surface area (Å²) in [4.78, 5) is 19.7. The monoisotopic (exact) mass is 443 g/mol. The number of aliphatic imine (C=N–C) groups is 1. The zero-order valence-electron chi connectivity index (χ0n) is 18.2. The molecule has 0 saturated carbocycles. The first-order valence-electron chi connectivity index (χ1n) is 10.6. The summed E-state index contributed by atoms with van der Waals surface area (Å²) in [6, 6.07) is 21.9. The van der Waals surface area contributed by atoms with E-state index in [1.54, 1.807) is 18.2 Å². The van der Waals surface area contributed by atoms with Crippen LogP contribution in [0.3, 0.4) is 0 Å². The zero-order valence-corrected chi connectivity index (χ0v) is 18.2. The lowest BCUT2D eigenvalue weighted by atomic mass is 10.00. The number of fused-ring (bicyclic) bond motifs is 1. The van der Waals surface area contributed by atoms with Crippen LogP contribution in [0.15, 0.2) is 77.8 Å². The van der Waals surface area contributed by atoms with Crippen LogP contribution in [-0.2, 0) is 4.74 Å². The molecule has 4 aromatic rings. The van der Waals surface area contributed by atoms with E-state index in [-0.39, 0.29) is 18.5 Å². The molecule has 1 heterocycles. The van der Waals surface area contributed by atoms with Gasteiger partial charge in [0.15, 0.2) is 5.88 Å². The van der Waals surface area contributed by atoms with Crippen molar-refractivity contribution in [3.63, 3.8) is 0 Å². The van der Waals surface area contributed by atoms with Crippen molar-refractivity contribution in [2.75, 3.05) is 13.7 Å². The van der Waals surface area contributed by atoms with Crippen LogP contribution in [0.25, 0.3) is 10.9 Å². The molecule has 1 unspecified atom stereocenters. The first-order chi connectivity index (χ1) is 16.0. The standard InChI is InChI=1S/C26H25N3O4/c1-33-26(32)18-9-12-20-22(15-18)29-25(31)23(20)24(17-5-3-2-4-6-17)28-19-10-7-16(8-11-19)21(27)13-14-30/h2-12,15,21,29-31H,13-14,27H2,1H3. The Balaban J connectivity index is 1.83. The summed E-state index contributed by atoms with van der Waals surface area (Å²) in [6.45, 7) is 0.0246. The third-order valence-corrected chi connectivity index (χ3v) is 5.49. The number of rotatable bonds is 7. The number of hydrogen-bond acceptors (Lipinski definition) is 6. The molecule has 33 heavy (non-hydrogen) atoms. The van der Waals surface area contributed by atoms with Crippen molar-refractivity contribution in [1.29, 1.82) is 0 Å². The second kappa shape index (κ2) is 9.68. The van der Waals surface area contributed by atoms with Gasteiger partial charge >= 0.3 is 5.97 Å². The van der Waals surface area contributed by atoms with Gasteiger partial charge in [-0.3, -0.25) is 0 Å². The Bertz CT molecular complexity index is 1290. The number of nitrogens with two attached hydrogens (primary N) is 1. The molecule has 168 valence electrons. The number of aromatic hydroxyl groups is 1. The summed E-state index contributed by atoms with van der Waals surface area (Å²) in [7, 11) is 1.33. The van der Waals surface area contributed by atoms with Crippen LogP contribution >= 0.6 is 0 Å². The Hall–Kier alpha value is -3.94. The summed E-state index contributed by atoms with van der Waals surface area (Å²) < 4.78 is 4.80. The summed E-state index contributed by atoms with van der Waals surface area (Å²) in [5, 5.41) is 20.7. The van der Waals surface area contributed by atoms with Gasteiger partial charge in [0.25, 0.3) is 0 Å². The molecule has 0 amide bonds. The minimum absolute atomic E-state index is 0.0246. The number of aliphatic hydroxyl groups is 1. The molecule has 1 atom stereocenters. The molecule has 7 nitrogen and oxygen atoms in total. The van der Waals surface area contributed by atoms with Gasteiger partial charge in [-0.2, -0.15) is 0 Å². The van der Waals surface area contributed by atoms with E-state index in [0.29, 0.717) is 34.5 Å². The van der Waals surface area contributed by atoms with Crippen LogP contribution in [0.5, 0.6) is 5.88 Å². The third-order valence-electron chi connectivity index (χ3n) is 5.49. The van der Waals surface area contributed by atoms with Gasteiger partial charge in [0.1, 0.15) is 0 Å². The maximum Gasteiger partial charge on any atom is 0.337 e. The largest absolute Gasteiger partial charge is 0.494 e. The maximum absolute atomic E-state index is 11.9. The second-order valence-corrected chi connectivity index (χ2v) is 7.64. The fourth-order valence-electron chi connectivity index (χ4n) is 3.76. The molecule has 7 heteroatoms. The number of nitrogens with zero attached hydrogens (tertiary/aromatic N) is 1. The molecular weight excluding hydrogens is 418 g/mol. The van der Waals surface area contributed by atoms with Crippen molar-refractivity contribution in [3.8, 4) is 5.88 Å². The van der Waals surface area contributed by atoms with Gasteiger partial charge < -0.3 is 25.7 Å². The highest BCUT2D eigenvalue weighted by molar-refractivity contribution is 6.22. The van der Waals surface area contributed by atoms with Crippen molar-refractivity contribution >= 4 is 28.3 Å². The minimum atomic E-state index is -0.455. The van der Waals surface area contributed by atoms with E-state index in [1.165, 1.54) is 7.11 Å². The average molecular weight is 444 g/mol.